The summed E-state index contributed by atoms with van der Waals surface area (Å²) < 4.78 is 77.0. The number of nitro benzene ring substituents is 9. The van der Waals surface area contributed by atoms with E-state index in [9.17, 15) is 132 Å². The van der Waals surface area contributed by atoms with Crippen molar-refractivity contribution in [1.82, 2.24) is 0 Å². The zero-order valence-corrected chi connectivity index (χ0v) is 63.7. The Hall–Kier alpha value is -13.9. The number of anilines is 6. The van der Waals surface area contributed by atoms with E-state index >= 15 is 0 Å². The Morgan fingerprint density at radius 1 is 0.272 bits per heavy atom. The van der Waals surface area contributed by atoms with Crippen molar-refractivity contribution in [2.75, 3.05) is 76.6 Å². The fourth-order valence-corrected chi connectivity index (χ4v) is 16.0. The van der Waals surface area contributed by atoms with Gasteiger partial charge in [-0.1, -0.05) is 72.8 Å². The number of nitrogens with one attached hydrogen (secondary N) is 3. The first-order valence-corrected chi connectivity index (χ1v) is 37.6. The Balaban J connectivity index is 0.000000191. The van der Waals surface area contributed by atoms with Crippen LogP contribution in [-0.2, 0) is 29.5 Å². The molecule has 600 valence electrons. The molecule has 0 radical (unpaired) electrons. The van der Waals surface area contributed by atoms with Gasteiger partial charge in [0.15, 0.2) is 0 Å². The number of nitrogens with zero attached hydrogens (tertiary/aromatic N) is 12. The first kappa shape index (κ1) is 87.3. The van der Waals surface area contributed by atoms with Gasteiger partial charge in [-0.15, -0.1) is 0 Å². The van der Waals surface area contributed by atoms with Gasteiger partial charge in [-0.25, -0.2) is 25.3 Å². The molecule has 3 atom stereocenters. The van der Waals surface area contributed by atoms with Crippen LogP contribution in [0.2, 0.25) is 0 Å². The average molecular weight is 1640 g/mol. The molecule has 0 fully saturated rings. The molecule has 0 saturated heterocycles. The van der Waals surface area contributed by atoms with Gasteiger partial charge in [0.1, 0.15) is 18.1 Å². The number of quaternary nitrogens is 3. The molecule has 3 N–H and O–H groups in total. The minimum absolute atomic E-state index is 0.377. The molecule has 42 nitrogen and oxygen atoms in total. The minimum atomic E-state index is -3.44. The summed E-state index contributed by atoms with van der Waals surface area (Å²) in [6.45, 7) is 8.82. The van der Waals surface area contributed by atoms with Gasteiger partial charge in [0.2, 0.25) is 29.5 Å². The minimum Gasteiger partial charge on any atom is -0.863 e. The summed E-state index contributed by atoms with van der Waals surface area (Å²) >= 11 is 0. The Morgan fingerprint density at radius 2 is 0.412 bits per heavy atom. The molecule has 0 saturated carbocycles. The predicted octanol–water partition coefficient (Wildman–Crippen LogP) is 5.97. The molecule has 0 amide bonds. The highest BCUT2D eigenvalue weighted by Gasteiger charge is 2.39. The lowest BCUT2D eigenvalue weighted by molar-refractivity contribution is -0.881. The van der Waals surface area contributed by atoms with Crippen LogP contribution >= 0.6 is 0 Å². The molecule has 0 aliphatic carbocycles. The third kappa shape index (κ3) is 19.1. The van der Waals surface area contributed by atoms with Gasteiger partial charge < -0.3 is 44.7 Å². The van der Waals surface area contributed by atoms with E-state index in [0.717, 1.165) is 53.8 Å². The van der Waals surface area contributed by atoms with Gasteiger partial charge in [0.05, 0.1) is 223 Å². The summed E-state index contributed by atoms with van der Waals surface area (Å²) in [6, 6.07) is 47.0. The van der Waals surface area contributed by atoms with Crippen LogP contribution in [0.4, 0.5) is 85.3 Å². The fraction of sp³-hybridized carbons (Fsp3) is 0.217. The highest BCUT2D eigenvalue weighted by atomic mass is 32.2. The first-order chi connectivity index (χ1) is 53.3. The number of hydrogen-bond donors (Lipinski definition) is 3. The van der Waals surface area contributed by atoms with E-state index in [1.165, 1.54) is 14.7 Å². The van der Waals surface area contributed by atoms with Gasteiger partial charge in [-0.3, -0.25) is 91.0 Å². The molecular weight excluding hydrogens is 1570 g/mol. The molecule has 9 aromatic carbocycles. The van der Waals surface area contributed by atoms with Crippen LogP contribution in [0.1, 0.15) is 20.8 Å². The SMILES string of the molecule is C[C@@H](CN1c2ccccc2S(=O)(=O)c2ccccc21)[NH+](C)C.C[C@@H](CN1c2ccccc2S(=O)(=O)c2ccccc21)[NH+](C)C.C[C@@H](CN1c2ccccc2S(=O)(=O)c2ccccc21)[NH+](C)C.O=[N+]([O-])c1cc([N+](=O)[O-])c([O-])c([N+](=O)[O-])c1.O=[N+]([O-])c1cc([N+](=O)[O-])c([O-])c([N+](=O)[O-])c1.O=[N+]([O-])c1cc([N+](=O)[O-])c([O-])c([N+](=O)[O-])c1. The predicted molar refractivity (Wildman–Crippen MR) is 400 cm³/mol. The number of hydrogen-bond acceptors (Lipinski definition) is 30. The molecule has 0 unspecified atom stereocenters. The van der Waals surface area contributed by atoms with Crippen molar-refractivity contribution in [1.29, 1.82) is 0 Å². The van der Waals surface area contributed by atoms with Crippen LogP contribution in [0, 0.1) is 91.0 Å². The topological polar surface area (TPSA) is 583 Å². The Morgan fingerprint density at radius 3 is 0.535 bits per heavy atom. The van der Waals surface area contributed by atoms with Crippen molar-refractivity contribution in [2.45, 2.75) is 68.3 Å². The van der Waals surface area contributed by atoms with E-state index in [2.05, 4.69) is 77.8 Å². The van der Waals surface area contributed by atoms with E-state index in [-0.39, 0.29) is 0 Å². The maximum atomic E-state index is 12.8. The number of nitro groups is 9. The molecule has 114 heavy (non-hydrogen) atoms. The maximum Gasteiger partial charge on any atom is 0.283 e. The van der Waals surface area contributed by atoms with Crippen LogP contribution < -0.4 is 44.7 Å². The number of sulfone groups is 3. The van der Waals surface area contributed by atoms with Crippen molar-refractivity contribution in [3.8, 4) is 17.2 Å². The monoisotopic (exact) mass is 1640 g/mol. The fourth-order valence-electron chi connectivity index (χ4n) is 11.0. The smallest absolute Gasteiger partial charge is 0.283 e. The lowest BCUT2D eigenvalue weighted by Gasteiger charge is -2.34. The van der Waals surface area contributed by atoms with Gasteiger partial charge in [0.25, 0.3) is 51.2 Å². The number of benzene rings is 9. The highest BCUT2D eigenvalue weighted by Crippen LogP contribution is 2.48. The summed E-state index contributed by atoms with van der Waals surface area (Å²) in [7, 11) is 2.37. The molecule has 45 heteroatoms. The molecule has 0 spiro atoms. The van der Waals surface area contributed by atoms with Gasteiger partial charge in [-0.2, -0.15) is 0 Å². The lowest BCUT2D eigenvalue weighted by atomic mass is 10.2. The number of para-hydroxylation sites is 6. The van der Waals surface area contributed by atoms with E-state index in [4.69, 9.17) is 0 Å². The van der Waals surface area contributed by atoms with Crippen molar-refractivity contribution < 1.29 is 99.6 Å². The second kappa shape index (κ2) is 35.9. The van der Waals surface area contributed by atoms with Crippen LogP contribution in [0.25, 0.3) is 0 Å². The summed E-state index contributed by atoms with van der Waals surface area (Å²) in [4.78, 5) is 95.3. The third-order valence-electron chi connectivity index (χ3n) is 17.9. The van der Waals surface area contributed by atoms with Gasteiger partial charge >= 0.3 is 0 Å². The first-order valence-electron chi connectivity index (χ1n) is 33.2. The number of non-ortho nitro benzene ring substituents is 3. The second-order valence-corrected chi connectivity index (χ2v) is 31.5. The average Bonchev–Trinajstić information content (AvgIpc) is 0.744. The second-order valence-electron chi connectivity index (χ2n) is 25.8. The normalized spacial score (nSPS) is 13.9. The van der Waals surface area contributed by atoms with E-state index in [1.807, 2.05) is 72.8 Å². The van der Waals surface area contributed by atoms with Gasteiger partial charge in [-0.05, 0) is 93.6 Å². The number of fused-ring (bicyclic) bond motifs is 6. The molecule has 3 aliphatic heterocycles. The van der Waals surface area contributed by atoms with Gasteiger partial charge in [0, 0.05) is 0 Å². The van der Waals surface area contributed by atoms with Crippen LogP contribution in [-0.4, -0.2) is 150 Å². The largest absolute Gasteiger partial charge is 0.863 e. The van der Waals surface area contributed by atoms with Crippen LogP contribution in [0.3, 0.4) is 0 Å². The molecular formula is C69H69N15O27S3. The summed E-state index contributed by atoms with van der Waals surface area (Å²) in [5, 5.41) is 126. The third-order valence-corrected chi connectivity index (χ3v) is 23.5. The van der Waals surface area contributed by atoms with E-state index in [0.29, 0.717) is 83.9 Å². The van der Waals surface area contributed by atoms with Crippen LogP contribution in [0.15, 0.2) is 211 Å². The number of likely N-dealkylation sites (N-methyl/N-ethyl adjacent to an activating group) is 3. The Bertz CT molecular complexity index is 4850. The standard InChI is InChI=1S/3C17H20N2O2S.3C6H3N3O7/c3*1-13(18(2)3)12-19-14-8-4-6-10-16(14)22(20,21)17-11-7-5-9-15(17)19;3*10-6-4(8(13)14)1-3(7(11)12)2-5(6)9(15)16/h3*4-11,13H,12H2,1-3H3;3*1-2,10H/t3*13-;;;/m000.../s1. The van der Waals surface area contributed by atoms with E-state index in [1.54, 1.807) is 72.8 Å². The van der Waals surface area contributed by atoms with Crippen LogP contribution in [0.5, 0.6) is 17.2 Å². The summed E-state index contributed by atoms with van der Waals surface area (Å²) in [5.41, 5.74) is -5.16. The zero-order chi connectivity index (χ0) is 85.1. The number of rotatable bonds is 18. The molecule has 3 aliphatic rings. The summed E-state index contributed by atoms with van der Waals surface area (Å²) in [6.07, 6.45) is 0. The Kier molecular flexibility index (Phi) is 27.5. The highest BCUT2D eigenvalue weighted by molar-refractivity contribution is 7.92. The Labute approximate surface area is 646 Å². The van der Waals surface area contributed by atoms with Crippen molar-refractivity contribution in [2.24, 2.45) is 0 Å². The van der Waals surface area contributed by atoms with Crippen molar-refractivity contribution in [3.05, 3.63) is 273 Å². The summed E-state index contributed by atoms with van der Waals surface area (Å²) in [5.74, 6) is -4.37. The molecule has 12 rings (SSSR count). The molecule has 3 heterocycles. The zero-order valence-electron chi connectivity index (χ0n) is 61.3. The molecule has 0 bridgehead atoms. The van der Waals surface area contributed by atoms with Crippen molar-refractivity contribution in [3.63, 3.8) is 0 Å². The van der Waals surface area contributed by atoms with Crippen molar-refractivity contribution >= 4 is 115 Å². The van der Waals surface area contributed by atoms with E-state index < -0.39 is 142 Å². The lowest BCUT2D eigenvalue weighted by Crippen LogP contribution is -3.10. The molecule has 0 aromatic heterocycles. The molecule has 9 aromatic rings. The quantitative estimate of drug-likeness (QED) is 0.0658. The maximum absolute atomic E-state index is 12.8.